The Kier molecular flexibility index (Phi) is 7.41. The maximum absolute atomic E-state index is 12.9. The molecule has 1 aliphatic rings. The third-order valence-corrected chi connectivity index (χ3v) is 6.69. The van der Waals surface area contributed by atoms with E-state index in [9.17, 15) is 19.5 Å². The van der Waals surface area contributed by atoms with Gasteiger partial charge in [-0.3, -0.25) is 19.7 Å². The summed E-state index contributed by atoms with van der Waals surface area (Å²) in [5.41, 5.74) is 2.39. The SMILES string of the molecule is Cc1ccc(OCCCCNC(=O)c2cc(SC3=CC(=O)NC3=O)c3ccccc3c2O)c(C)c1. The Balaban J connectivity index is 1.40. The van der Waals surface area contributed by atoms with Crippen LogP contribution in [0.1, 0.15) is 34.3 Å². The molecule has 180 valence electrons. The van der Waals surface area contributed by atoms with Crippen LogP contribution in [0, 0.1) is 13.8 Å². The Morgan fingerprint density at radius 1 is 1.06 bits per heavy atom. The number of amides is 3. The van der Waals surface area contributed by atoms with Crippen LogP contribution in [0.4, 0.5) is 0 Å². The summed E-state index contributed by atoms with van der Waals surface area (Å²) in [5.74, 6) is -0.627. The van der Waals surface area contributed by atoms with E-state index in [0.717, 1.165) is 29.5 Å². The number of benzene rings is 3. The molecule has 4 rings (SSSR count). The number of imide groups is 1. The van der Waals surface area contributed by atoms with Crippen LogP contribution in [0.25, 0.3) is 10.8 Å². The topological polar surface area (TPSA) is 105 Å². The van der Waals surface area contributed by atoms with Crippen LogP contribution in [0.2, 0.25) is 0 Å². The van der Waals surface area contributed by atoms with Crippen molar-refractivity contribution in [3.05, 3.63) is 76.2 Å². The maximum Gasteiger partial charge on any atom is 0.265 e. The number of unbranched alkanes of at least 4 members (excludes halogenated alkanes) is 1. The minimum Gasteiger partial charge on any atom is -0.506 e. The van der Waals surface area contributed by atoms with E-state index in [2.05, 4.69) is 16.7 Å². The first-order valence-electron chi connectivity index (χ1n) is 11.3. The molecular weight excluding hydrogens is 464 g/mol. The van der Waals surface area contributed by atoms with Gasteiger partial charge in [0.15, 0.2) is 0 Å². The van der Waals surface area contributed by atoms with Gasteiger partial charge in [-0.2, -0.15) is 0 Å². The van der Waals surface area contributed by atoms with Crippen LogP contribution in [0.15, 0.2) is 64.4 Å². The summed E-state index contributed by atoms with van der Waals surface area (Å²) in [4.78, 5) is 37.2. The molecule has 0 bridgehead atoms. The lowest BCUT2D eigenvalue weighted by Crippen LogP contribution is -2.25. The summed E-state index contributed by atoms with van der Waals surface area (Å²) in [6, 6.07) is 14.7. The van der Waals surface area contributed by atoms with Crippen molar-refractivity contribution in [2.75, 3.05) is 13.2 Å². The molecule has 1 aliphatic heterocycles. The van der Waals surface area contributed by atoms with E-state index in [-0.39, 0.29) is 16.2 Å². The molecule has 3 aromatic carbocycles. The van der Waals surface area contributed by atoms with Gasteiger partial charge in [0.1, 0.15) is 11.5 Å². The second-order valence-corrected chi connectivity index (χ2v) is 9.41. The van der Waals surface area contributed by atoms with Gasteiger partial charge in [-0.05, 0) is 49.8 Å². The number of hydrogen-bond donors (Lipinski definition) is 3. The minimum atomic E-state index is -0.480. The molecular formula is C27H26N2O5S. The molecule has 3 amide bonds. The lowest BCUT2D eigenvalue weighted by Gasteiger charge is -2.13. The average molecular weight is 491 g/mol. The van der Waals surface area contributed by atoms with Gasteiger partial charge in [0.05, 0.1) is 17.1 Å². The zero-order valence-electron chi connectivity index (χ0n) is 19.5. The van der Waals surface area contributed by atoms with Gasteiger partial charge in [0.2, 0.25) is 0 Å². The van der Waals surface area contributed by atoms with Gasteiger partial charge in [0, 0.05) is 22.9 Å². The highest BCUT2D eigenvalue weighted by atomic mass is 32.2. The number of ether oxygens (including phenoxy) is 1. The Morgan fingerprint density at radius 2 is 1.83 bits per heavy atom. The van der Waals surface area contributed by atoms with Crippen molar-refractivity contribution >= 4 is 40.3 Å². The predicted octanol–water partition coefficient (Wildman–Crippen LogP) is 4.38. The van der Waals surface area contributed by atoms with E-state index in [1.54, 1.807) is 30.3 Å². The van der Waals surface area contributed by atoms with Crippen molar-refractivity contribution in [3.8, 4) is 11.5 Å². The van der Waals surface area contributed by atoms with E-state index in [0.29, 0.717) is 35.2 Å². The quantitative estimate of drug-likeness (QED) is 0.304. The number of carbonyl (C=O) groups is 3. The highest BCUT2D eigenvalue weighted by Gasteiger charge is 2.24. The molecule has 0 aliphatic carbocycles. The molecule has 3 N–H and O–H groups in total. The molecule has 0 spiro atoms. The van der Waals surface area contributed by atoms with Gasteiger partial charge in [-0.25, -0.2) is 0 Å². The summed E-state index contributed by atoms with van der Waals surface area (Å²) >= 11 is 1.09. The molecule has 0 atom stereocenters. The van der Waals surface area contributed by atoms with Gasteiger partial charge < -0.3 is 15.2 Å². The molecule has 0 saturated carbocycles. The normalized spacial score (nSPS) is 13.0. The second kappa shape index (κ2) is 10.7. The number of nitrogens with one attached hydrogen (secondary N) is 2. The minimum absolute atomic E-state index is 0.114. The van der Waals surface area contributed by atoms with E-state index in [1.807, 2.05) is 26.0 Å². The van der Waals surface area contributed by atoms with E-state index in [1.165, 1.54) is 11.6 Å². The first kappa shape index (κ1) is 24.3. The van der Waals surface area contributed by atoms with E-state index < -0.39 is 17.7 Å². The van der Waals surface area contributed by atoms with Crippen molar-refractivity contribution in [1.82, 2.24) is 10.6 Å². The van der Waals surface area contributed by atoms with E-state index in [4.69, 9.17) is 4.74 Å². The highest BCUT2D eigenvalue weighted by molar-refractivity contribution is 8.04. The number of rotatable bonds is 9. The van der Waals surface area contributed by atoms with Crippen molar-refractivity contribution in [3.63, 3.8) is 0 Å². The molecule has 35 heavy (non-hydrogen) atoms. The van der Waals surface area contributed by atoms with Crippen molar-refractivity contribution in [2.24, 2.45) is 0 Å². The molecule has 3 aromatic rings. The molecule has 0 unspecified atom stereocenters. The first-order chi connectivity index (χ1) is 16.8. The van der Waals surface area contributed by atoms with Crippen LogP contribution in [0.5, 0.6) is 11.5 Å². The van der Waals surface area contributed by atoms with Crippen LogP contribution >= 0.6 is 11.8 Å². The third kappa shape index (κ3) is 5.66. The fraction of sp³-hybridized carbons (Fsp3) is 0.222. The zero-order valence-corrected chi connectivity index (χ0v) is 20.3. The Labute approximate surface area is 207 Å². The highest BCUT2D eigenvalue weighted by Crippen LogP contribution is 2.39. The van der Waals surface area contributed by atoms with Gasteiger partial charge >= 0.3 is 0 Å². The van der Waals surface area contributed by atoms with Crippen molar-refractivity contribution in [2.45, 2.75) is 31.6 Å². The largest absolute Gasteiger partial charge is 0.506 e. The Morgan fingerprint density at radius 3 is 2.54 bits per heavy atom. The smallest absolute Gasteiger partial charge is 0.265 e. The number of hydrogen-bond acceptors (Lipinski definition) is 6. The van der Waals surface area contributed by atoms with E-state index >= 15 is 0 Å². The van der Waals surface area contributed by atoms with Crippen LogP contribution in [-0.4, -0.2) is 36.0 Å². The molecule has 0 saturated heterocycles. The Bertz CT molecular complexity index is 1350. The standard InChI is InChI=1S/C27H26N2O5S/c1-16-9-10-21(17(2)13-16)34-12-6-5-11-28-26(32)20-14-22(35-23-15-24(30)29-27(23)33)18-7-3-4-8-19(18)25(20)31/h3-4,7-10,13-15,31H,5-6,11-12H2,1-2H3,(H,28,32)(H,29,30,33). The number of thioether (sulfide) groups is 1. The predicted molar refractivity (Wildman–Crippen MR) is 136 cm³/mol. The van der Waals surface area contributed by atoms with Crippen LogP contribution in [0.3, 0.4) is 0 Å². The molecule has 1 heterocycles. The summed E-state index contributed by atoms with van der Waals surface area (Å²) in [5, 5.41) is 17.0. The average Bonchev–Trinajstić information content (AvgIpc) is 3.15. The summed E-state index contributed by atoms with van der Waals surface area (Å²) in [6.45, 7) is 5.01. The number of aryl methyl sites for hydroxylation is 2. The number of carbonyl (C=O) groups excluding carboxylic acids is 3. The second-order valence-electron chi connectivity index (χ2n) is 8.33. The summed E-state index contributed by atoms with van der Waals surface area (Å²) < 4.78 is 5.83. The van der Waals surface area contributed by atoms with Gasteiger partial charge in [-0.15, -0.1) is 0 Å². The van der Waals surface area contributed by atoms with Crippen molar-refractivity contribution < 1.29 is 24.2 Å². The lowest BCUT2D eigenvalue weighted by molar-refractivity contribution is -0.123. The number of phenolic OH excluding ortho intramolecular Hbond substituents is 1. The lowest BCUT2D eigenvalue weighted by atomic mass is 10.0. The van der Waals surface area contributed by atoms with Crippen LogP contribution < -0.4 is 15.4 Å². The monoisotopic (exact) mass is 490 g/mol. The molecule has 7 nitrogen and oxygen atoms in total. The fourth-order valence-electron chi connectivity index (χ4n) is 3.84. The third-order valence-electron chi connectivity index (χ3n) is 5.61. The number of fused-ring (bicyclic) bond motifs is 1. The van der Waals surface area contributed by atoms with Crippen LogP contribution in [-0.2, 0) is 9.59 Å². The summed E-state index contributed by atoms with van der Waals surface area (Å²) in [6.07, 6.45) is 2.70. The summed E-state index contributed by atoms with van der Waals surface area (Å²) in [7, 11) is 0. The molecule has 0 aromatic heterocycles. The number of phenols is 1. The zero-order chi connectivity index (χ0) is 24.9. The molecule has 0 fully saturated rings. The number of aromatic hydroxyl groups is 1. The molecule has 0 radical (unpaired) electrons. The van der Waals surface area contributed by atoms with Gasteiger partial charge in [0.25, 0.3) is 17.7 Å². The van der Waals surface area contributed by atoms with Crippen molar-refractivity contribution in [1.29, 1.82) is 0 Å². The Hall–Kier alpha value is -3.78. The fourth-order valence-corrected chi connectivity index (χ4v) is 4.85. The first-order valence-corrected chi connectivity index (χ1v) is 12.1. The van der Waals surface area contributed by atoms with Gasteiger partial charge in [-0.1, -0.05) is 53.7 Å². The maximum atomic E-state index is 12.9. The molecule has 8 heteroatoms.